The fraction of sp³-hybridized carbons (Fsp3) is 0.545. The smallest absolute Gasteiger partial charge is 0.191 e. The first-order valence-electron chi connectivity index (χ1n) is 10.6. The van der Waals surface area contributed by atoms with Gasteiger partial charge in [0.1, 0.15) is 11.4 Å². The van der Waals surface area contributed by atoms with Gasteiger partial charge >= 0.3 is 0 Å². The third-order valence-corrected chi connectivity index (χ3v) is 6.28. The second kappa shape index (κ2) is 10.6. The predicted octanol–water partition coefficient (Wildman–Crippen LogP) is 3.49. The lowest BCUT2D eigenvalue weighted by Gasteiger charge is -2.24. The first-order valence-corrected chi connectivity index (χ1v) is 11.4. The summed E-state index contributed by atoms with van der Waals surface area (Å²) in [6.45, 7) is 7.77. The van der Waals surface area contributed by atoms with E-state index in [1.54, 1.807) is 11.3 Å². The number of guanidine groups is 1. The van der Waals surface area contributed by atoms with Crippen molar-refractivity contribution in [3.05, 3.63) is 46.3 Å². The van der Waals surface area contributed by atoms with Crippen molar-refractivity contribution >= 4 is 23.1 Å². The van der Waals surface area contributed by atoms with Crippen LogP contribution in [0.3, 0.4) is 0 Å². The molecule has 3 rings (SSSR count). The van der Waals surface area contributed by atoms with E-state index in [1.807, 2.05) is 43.6 Å². The largest absolute Gasteiger partial charge is 0.383 e. The molecule has 0 radical (unpaired) electrons. The fourth-order valence-electron chi connectivity index (χ4n) is 3.47. The Hall–Kier alpha value is -2.12. The van der Waals surface area contributed by atoms with Gasteiger partial charge in [-0.25, -0.2) is 9.98 Å². The third kappa shape index (κ3) is 6.44. The molecule has 1 aliphatic rings. The number of nitrogens with one attached hydrogen (secondary N) is 2. The Labute approximate surface area is 178 Å². The van der Waals surface area contributed by atoms with Crippen LogP contribution in [0.5, 0.6) is 0 Å². The van der Waals surface area contributed by atoms with Gasteiger partial charge < -0.3 is 20.6 Å². The number of aromatic nitrogens is 1. The minimum atomic E-state index is -0.930. The molecule has 0 aromatic carbocycles. The monoisotopic (exact) mass is 415 g/mol. The van der Waals surface area contributed by atoms with Crippen molar-refractivity contribution in [1.29, 1.82) is 0 Å². The fourth-order valence-corrected chi connectivity index (χ4v) is 4.26. The van der Waals surface area contributed by atoms with E-state index in [0.717, 1.165) is 35.9 Å². The van der Waals surface area contributed by atoms with Gasteiger partial charge in [-0.15, -0.1) is 11.3 Å². The Balaban J connectivity index is 1.63. The first kappa shape index (κ1) is 21.6. The molecule has 6 nitrogen and oxygen atoms in total. The van der Waals surface area contributed by atoms with E-state index in [2.05, 4.69) is 26.6 Å². The number of nitrogens with zero attached hydrogens (tertiary/aromatic N) is 3. The van der Waals surface area contributed by atoms with E-state index >= 15 is 0 Å². The minimum absolute atomic E-state index is 0.398. The van der Waals surface area contributed by atoms with Crippen LogP contribution in [0, 0.1) is 0 Å². The number of hydrogen-bond donors (Lipinski definition) is 3. The molecule has 0 aliphatic carbocycles. The molecule has 7 heteroatoms. The molecule has 3 N–H and O–H groups in total. The molecule has 1 saturated heterocycles. The maximum atomic E-state index is 10.7. The lowest BCUT2D eigenvalue weighted by molar-refractivity contribution is 0.0655. The van der Waals surface area contributed by atoms with Gasteiger partial charge in [0.15, 0.2) is 5.96 Å². The highest BCUT2D eigenvalue weighted by Crippen LogP contribution is 2.24. The Kier molecular flexibility index (Phi) is 7.89. The molecule has 2 aromatic rings. The summed E-state index contributed by atoms with van der Waals surface area (Å²) in [5.41, 5.74) is 0.211. The highest BCUT2D eigenvalue weighted by Gasteiger charge is 2.24. The van der Waals surface area contributed by atoms with E-state index < -0.39 is 5.60 Å². The van der Waals surface area contributed by atoms with Gasteiger partial charge in [0, 0.05) is 30.7 Å². The van der Waals surface area contributed by atoms with Gasteiger partial charge in [-0.3, -0.25) is 0 Å². The van der Waals surface area contributed by atoms with E-state index in [4.69, 9.17) is 4.99 Å². The van der Waals surface area contributed by atoms with E-state index in [0.29, 0.717) is 19.0 Å². The molecule has 0 spiro atoms. The van der Waals surface area contributed by atoms with E-state index in [9.17, 15) is 5.11 Å². The van der Waals surface area contributed by atoms with Gasteiger partial charge in [0.25, 0.3) is 0 Å². The summed E-state index contributed by atoms with van der Waals surface area (Å²) in [6.07, 6.45) is 6.99. The number of hydrogen-bond acceptors (Lipinski definition) is 5. The molecule has 0 bridgehead atoms. The van der Waals surface area contributed by atoms with Crippen LogP contribution in [0.15, 0.2) is 40.8 Å². The summed E-state index contributed by atoms with van der Waals surface area (Å²) in [5.74, 6) is 1.76. The first-order chi connectivity index (χ1) is 14.1. The molecule has 2 aromatic heterocycles. The van der Waals surface area contributed by atoms with Crippen molar-refractivity contribution < 1.29 is 5.11 Å². The quantitative estimate of drug-likeness (QED) is 0.477. The standard InChI is InChI=1S/C22H33N5OS/c1-3-23-21(26-17-22(2,28)19-9-8-14-29-19)25-16-18-10-11-24-20(15-18)27-12-6-4-5-7-13-27/h8-11,14-15,28H,3-7,12-13,16-17H2,1-2H3,(H2,23,25,26). The van der Waals surface area contributed by atoms with Crippen LogP contribution < -0.4 is 15.5 Å². The van der Waals surface area contributed by atoms with Crippen molar-refractivity contribution in [2.75, 3.05) is 31.1 Å². The highest BCUT2D eigenvalue weighted by atomic mass is 32.1. The van der Waals surface area contributed by atoms with Crippen LogP contribution >= 0.6 is 11.3 Å². The van der Waals surface area contributed by atoms with Crippen LogP contribution in [0.1, 0.15) is 50.0 Å². The molecular weight excluding hydrogens is 382 g/mol. The molecule has 0 saturated carbocycles. The normalized spacial score (nSPS) is 17.5. The van der Waals surface area contributed by atoms with Crippen molar-refractivity contribution in [2.24, 2.45) is 4.99 Å². The SMILES string of the molecule is CCNC(=NCc1ccnc(N2CCCCCC2)c1)NCC(C)(O)c1cccs1. The average molecular weight is 416 g/mol. The summed E-state index contributed by atoms with van der Waals surface area (Å²) in [4.78, 5) is 12.6. The van der Waals surface area contributed by atoms with Gasteiger partial charge in [0.05, 0.1) is 13.1 Å². The van der Waals surface area contributed by atoms with Gasteiger partial charge in [-0.1, -0.05) is 18.9 Å². The zero-order chi connectivity index (χ0) is 20.5. The lowest BCUT2D eigenvalue weighted by Crippen LogP contribution is -2.44. The molecular formula is C22H33N5OS. The number of aliphatic imine (C=N–C) groups is 1. The highest BCUT2D eigenvalue weighted by molar-refractivity contribution is 7.10. The number of thiophene rings is 1. The molecule has 1 atom stereocenters. The molecule has 158 valence electrons. The lowest BCUT2D eigenvalue weighted by atomic mass is 10.1. The number of aliphatic hydroxyl groups is 1. The maximum Gasteiger partial charge on any atom is 0.191 e. The Morgan fingerprint density at radius 1 is 1.24 bits per heavy atom. The van der Waals surface area contributed by atoms with Crippen LogP contribution in [-0.2, 0) is 12.1 Å². The summed E-state index contributed by atoms with van der Waals surface area (Å²) in [6, 6.07) is 8.09. The molecule has 1 fully saturated rings. The second-order valence-corrected chi connectivity index (χ2v) is 8.67. The van der Waals surface area contributed by atoms with Gasteiger partial charge in [-0.05, 0) is 55.8 Å². The maximum absolute atomic E-state index is 10.7. The van der Waals surface area contributed by atoms with Crippen molar-refractivity contribution in [3.8, 4) is 0 Å². The zero-order valence-corrected chi connectivity index (χ0v) is 18.3. The average Bonchev–Trinajstić information content (AvgIpc) is 3.14. The molecule has 1 unspecified atom stereocenters. The Bertz CT molecular complexity index is 767. The number of pyridine rings is 1. The topological polar surface area (TPSA) is 72.8 Å². The number of anilines is 1. The zero-order valence-electron chi connectivity index (χ0n) is 17.5. The molecule has 3 heterocycles. The summed E-state index contributed by atoms with van der Waals surface area (Å²) in [5, 5.41) is 19.2. The molecule has 1 aliphatic heterocycles. The van der Waals surface area contributed by atoms with Crippen LogP contribution in [0.4, 0.5) is 5.82 Å². The summed E-state index contributed by atoms with van der Waals surface area (Å²) in [7, 11) is 0. The summed E-state index contributed by atoms with van der Waals surface area (Å²) < 4.78 is 0. The van der Waals surface area contributed by atoms with Crippen molar-refractivity contribution in [1.82, 2.24) is 15.6 Å². The van der Waals surface area contributed by atoms with Crippen molar-refractivity contribution in [2.45, 2.75) is 51.7 Å². The van der Waals surface area contributed by atoms with Crippen LogP contribution in [-0.4, -0.2) is 42.2 Å². The van der Waals surface area contributed by atoms with Gasteiger partial charge in [-0.2, -0.15) is 0 Å². The Morgan fingerprint density at radius 2 is 2.03 bits per heavy atom. The van der Waals surface area contributed by atoms with Crippen LogP contribution in [0.25, 0.3) is 0 Å². The summed E-state index contributed by atoms with van der Waals surface area (Å²) >= 11 is 1.56. The van der Waals surface area contributed by atoms with E-state index in [1.165, 1.54) is 25.7 Å². The molecule has 0 amide bonds. The van der Waals surface area contributed by atoms with Gasteiger partial charge in [0.2, 0.25) is 0 Å². The third-order valence-electron chi connectivity index (χ3n) is 5.16. The van der Waals surface area contributed by atoms with Crippen molar-refractivity contribution in [3.63, 3.8) is 0 Å². The molecule has 29 heavy (non-hydrogen) atoms. The van der Waals surface area contributed by atoms with Crippen LogP contribution in [0.2, 0.25) is 0 Å². The number of rotatable bonds is 7. The minimum Gasteiger partial charge on any atom is -0.383 e. The van der Waals surface area contributed by atoms with E-state index in [-0.39, 0.29) is 0 Å². The second-order valence-electron chi connectivity index (χ2n) is 7.72. The Morgan fingerprint density at radius 3 is 2.72 bits per heavy atom. The predicted molar refractivity (Wildman–Crippen MR) is 122 cm³/mol.